The lowest BCUT2D eigenvalue weighted by molar-refractivity contribution is 0.0988. The molecule has 0 aliphatic heterocycles. The number of hydrogen-bond donors (Lipinski definition) is 0. The van der Waals surface area contributed by atoms with Gasteiger partial charge in [-0.2, -0.15) is 0 Å². The molecule has 2 rings (SSSR count). The highest BCUT2D eigenvalue weighted by atomic mass is 79.9. The fourth-order valence-electron chi connectivity index (χ4n) is 1.91. The molecule has 2 heteroatoms. The van der Waals surface area contributed by atoms with Gasteiger partial charge in [-0.05, 0) is 23.3 Å². The zero-order chi connectivity index (χ0) is 12.3. The van der Waals surface area contributed by atoms with Crippen LogP contribution < -0.4 is 0 Å². The van der Waals surface area contributed by atoms with E-state index < -0.39 is 0 Å². The molecule has 0 heterocycles. The fourth-order valence-corrected chi connectivity index (χ4v) is 2.63. The van der Waals surface area contributed by atoms with Gasteiger partial charge >= 0.3 is 0 Å². The number of ketones is 1. The molecule has 0 spiro atoms. The second-order valence-corrected chi connectivity index (χ2v) is 5.29. The molecule has 0 amide bonds. The van der Waals surface area contributed by atoms with Crippen molar-refractivity contribution in [3.8, 4) is 0 Å². The molecule has 0 aliphatic carbocycles. The molecule has 0 bridgehead atoms. The Kier molecular flexibility index (Phi) is 3.95. The smallest absolute Gasteiger partial charge is 0.176 e. The number of halogens is 1. The maximum Gasteiger partial charge on any atom is 0.176 e. The molecule has 2 aromatic carbocycles. The van der Waals surface area contributed by atoms with Crippen molar-refractivity contribution < 1.29 is 4.79 Å². The van der Waals surface area contributed by atoms with Gasteiger partial charge < -0.3 is 0 Å². The van der Waals surface area contributed by atoms with Crippen LogP contribution in [0.4, 0.5) is 0 Å². The molecule has 1 nitrogen and oxygen atoms in total. The summed E-state index contributed by atoms with van der Waals surface area (Å²) >= 11 is 3.45. The minimum atomic E-state index is -0.0614. The molecule has 88 valence electrons. The van der Waals surface area contributed by atoms with E-state index in [0.29, 0.717) is 0 Å². The molecule has 0 aliphatic rings. The van der Waals surface area contributed by atoms with Crippen molar-refractivity contribution >= 4 is 32.5 Å². The molecule has 1 atom stereocenters. The zero-order valence-corrected chi connectivity index (χ0v) is 11.4. The molecule has 0 fully saturated rings. The van der Waals surface area contributed by atoms with Gasteiger partial charge in [0.2, 0.25) is 0 Å². The van der Waals surface area contributed by atoms with Crippen LogP contribution in [0.5, 0.6) is 0 Å². The lowest BCUT2D eigenvalue weighted by atomic mass is 10.0. The minimum absolute atomic E-state index is 0.0614. The van der Waals surface area contributed by atoms with E-state index in [4.69, 9.17) is 0 Å². The van der Waals surface area contributed by atoms with Crippen LogP contribution in [0.1, 0.15) is 30.1 Å². The van der Waals surface area contributed by atoms with E-state index in [9.17, 15) is 4.79 Å². The quantitative estimate of drug-likeness (QED) is 0.595. The number of fused-ring (bicyclic) bond motifs is 1. The standard InChI is InChI=1S/C15H15BrO/c1-2-5-14(16)15(17)13-9-8-11-6-3-4-7-12(11)10-13/h3-4,6-10,14H,2,5H2,1H3/t14-/m0/s1. The van der Waals surface area contributed by atoms with Gasteiger partial charge in [0.1, 0.15) is 0 Å². The Morgan fingerprint density at radius 2 is 1.88 bits per heavy atom. The van der Waals surface area contributed by atoms with Crippen LogP contribution in [-0.4, -0.2) is 10.6 Å². The fraction of sp³-hybridized carbons (Fsp3) is 0.267. The molecule has 0 radical (unpaired) electrons. The van der Waals surface area contributed by atoms with Crippen LogP contribution in [0, 0.1) is 0 Å². The van der Waals surface area contributed by atoms with E-state index in [2.05, 4.69) is 28.9 Å². The number of Topliss-reactive ketones (excluding diaryl/α,β-unsaturated/α-hetero) is 1. The van der Waals surface area contributed by atoms with Crippen molar-refractivity contribution in [2.45, 2.75) is 24.6 Å². The second kappa shape index (κ2) is 5.46. The number of alkyl halides is 1. The number of benzene rings is 2. The first-order chi connectivity index (χ1) is 8.22. The molecular weight excluding hydrogens is 276 g/mol. The third-order valence-electron chi connectivity index (χ3n) is 2.86. The Balaban J connectivity index is 2.33. The van der Waals surface area contributed by atoms with Crippen LogP contribution in [0.25, 0.3) is 10.8 Å². The summed E-state index contributed by atoms with van der Waals surface area (Å²) in [6, 6.07) is 14.0. The SMILES string of the molecule is CCC[C@H](Br)C(=O)c1ccc2ccccc2c1. The molecular formula is C15H15BrO. The van der Waals surface area contributed by atoms with Crippen molar-refractivity contribution in [1.29, 1.82) is 0 Å². The lowest BCUT2D eigenvalue weighted by Gasteiger charge is -2.08. The van der Waals surface area contributed by atoms with Crippen LogP contribution in [0.15, 0.2) is 42.5 Å². The highest BCUT2D eigenvalue weighted by molar-refractivity contribution is 9.10. The predicted molar refractivity (Wildman–Crippen MR) is 75.9 cm³/mol. The average Bonchev–Trinajstić information content (AvgIpc) is 2.37. The van der Waals surface area contributed by atoms with Gasteiger partial charge in [0.05, 0.1) is 4.83 Å². The van der Waals surface area contributed by atoms with Crippen molar-refractivity contribution in [3.05, 3.63) is 48.0 Å². The van der Waals surface area contributed by atoms with Gasteiger partial charge in [-0.15, -0.1) is 0 Å². The summed E-state index contributed by atoms with van der Waals surface area (Å²) < 4.78 is 0. The van der Waals surface area contributed by atoms with Gasteiger partial charge in [-0.25, -0.2) is 0 Å². The zero-order valence-electron chi connectivity index (χ0n) is 9.82. The van der Waals surface area contributed by atoms with E-state index >= 15 is 0 Å². The van der Waals surface area contributed by atoms with E-state index in [0.717, 1.165) is 23.8 Å². The summed E-state index contributed by atoms with van der Waals surface area (Å²) in [6.45, 7) is 2.09. The number of hydrogen-bond acceptors (Lipinski definition) is 1. The van der Waals surface area contributed by atoms with Crippen molar-refractivity contribution in [2.75, 3.05) is 0 Å². The molecule has 0 unspecified atom stereocenters. The van der Waals surface area contributed by atoms with Gasteiger partial charge in [-0.1, -0.05) is 65.7 Å². The van der Waals surface area contributed by atoms with Crippen LogP contribution in [0.3, 0.4) is 0 Å². The third kappa shape index (κ3) is 2.75. The Labute approximate surface area is 110 Å². The second-order valence-electron chi connectivity index (χ2n) is 4.18. The lowest BCUT2D eigenvalue weighted by Crippen LogP contribution is -2.13. The van der Waals surface area contributed by atoms with Crippen molar-refractivity contribution in [3.63, 3.8) is 0 Å². The van der Waals surface area contributed by atoms with Crippen molar-refractivity contribution in [2.24, 2.45) is 0 Å². The van der Waals surface area contributed by atoms with Gasteiger partial charge in [0.15, 0.2) is 5.78 Å². The van der Waals surface area contributed by atoms with Gasteiger partial charge in [0.25, 0.3) is 0 Å². The first-order valence-corrected chi connectivity index (χ1v) is 6.81. The van der Waals surface area contributed by atoms with E-state index in [-0.39, 0.29) is 10.6 Å². The first-order valence-electron chi connectivity index (χ1n) is 5.89. The van der Waals surface area contributed by atoms with Gasteiger partial charge in [0, 0.05) is 5.56 Å². The summed E-state index contributed by atoms with van der Waals surface area (Å²) in [7, 11) is 0. The van der Waals surface area contributed by atoms with E-state index in [1.807, 2.05) is 36.4 Å². The molecule has 17 heavy (non-hydrogen) atoms. The third-order valence-corrected chi connectivity index (χ3v) is 3.73. The molecule has 2 aromatic rings. The topological polar surface area (TPSA) is 17.1 Å². The highest BCUT2D eigenvalue weighted by Gasteiger charge is 2.15. The maximum absolute atomic E-state index is 12.1. The van der Waals surface area contributed by atoms with Crippen LogP contribution in [0.2, 0.25) is 0 Å². The maximum atomic E-state index is 12.1. The summed E-state index contributed by atoms with van der Waals surface area (Å²) in [4.78, 5) is 12.1. The molecule has 0 saturated carbocycles. The Morgan fingerprint density at radius 1 is 1.18 bits per heavy atom. The summed E-state index contributed by atoms with van der Waals surface area (Å²) in [5.41, 5.74) is 0.791. The predicted octanol–water partition coefficient (Wildman–Crippen LogP) is 4.59. The molecule has 0 N–H and O–H groups in total. The van der Waals surface area contributed by atoms with Crippen molar-refractivity contribution in [1.82, 2.24) is 0 Å². The van der Waals surface area contributed by atoms with E-state index in [1.54, 1.807) is 0 Å². The highest BCUT2D eigenvalue weighted by Crippen LogP contribution is 2.20. The molecule has 0 saturated heterocycles. The van der Waals surface area contributed by atoms with Gasteiger partial charge in [-0.3, -0.25) is 4.79 Å². The Bertz CT molecular complexity index is 533. The monoisotopic (exact) mass is 290 g/mol. The number of rotatable bonds is 4. The number of carbonyl (C=O) groups is 1. The number of carbonyl (C=O) groups excluding carboxylic acids is 1. The Hall–Kier alpha value is -1.15. The largest absolute Gasteiger partial charge is 0.293 e. The summed E-state index contributed by atoms with van der Waals surface area (Å²) in [6.07, 6.45) is 1.89. The Morgan fingerprint density at radius 3 is 2.59 bits per heavy atom. The normalized spacial score (nSPS) is 12.6. The summed E-state index contributed by atoms with van der Waals surface area (Å²) in [5.74, 6) is 0.178. The first kappa shape index (κ1) is 12.3. The summed E-state index contributed by atoms with van der Waals surface area (Å²) in [5, 5.41) is 2.29. The molecule has 0 aromatic heterocycles. The van der Waals surface area contributed by atoms with E-state index in [1.165, 1.54) is 5.39 Å². The van der Waals surface area contributed by atoms with Crippen LogP contribution in [-0.2, 0) is 0 Å². The average molecular weight is 291 g/mol. The minimum Gasteiger partial charge on any atom is -0.293 e. The van der Waals surface area contributed by atoms with Crippen LogP contribution >= 0.6 is 15.9 Å².